The Kier molecular flexibility index (Phi) is 5.35. The first-order valence-electron chi connectivity index (χ1n) is 8.56. The van der Waals surface area contributed by atoms with Crippen LogP contribution in [0.2, 0.25) is 0 Å². The van der Waals surface area contributed by atoms with E-state index in [1.165, 1.54) is 24.3 Å². The maximum atomic E-state index is 13.1. The molecule has 2 amide bonds. The molecule has 3 aromatic rings. The zero-order chi connectivity index (χ0) is 20.3. The van der Waals surface area contributed by atoms with E-state index in [1.54, 1.807) is 41.1 Å². The Balaban J connectivity index is 1.78. The highest BCUT2D eigenvalue weighted by molar-refractivity contribution is 6.03. The Bertz CT molecular complexity index is 1070. The average Bonchev–Trinajstić information content (AvgIpc) is 2.95. The summed E-state index contributed by atoms with van der Waals surface area (Å²) in [4.78, 5) is 23.4. The van der Waals surface area contributed by atoms with Crippen LogP contribution in [0.5, 0.6) is 0 Å². The second kappa shape index (κ2) is 7.87. The fraction of sp³-hybridized carbons (Fsp3) is 0.0952. The molecule has 0 saturated carbocycles. The summed E-state index contributed by atoms with van der Waals surface area (Å²) in [6, 6.07) is 12.4. The van der Waals surface area contributed by atoms with E-state index in [4.69, 9.17) is 5.73 Å². The van der Waals surface area contributed by atoms with Crippen molar-refractivity contribution in [1.82, 2.24) is 9.78 Å². The van der Waals surface area contributed by atoms with Gasteiger partial charge in [0.15, 0.2) is 0 Å². The number of rotatable bonds is 5. The topological polar surface area (TPSA) is 90.0 Å². The molecule has 7 heteroatoms. The van der Waals surface area contributed by atoms with Gasteiger partial charge in [-0.15, -0.1) is 0 Å². The highest BCUT2D eigenvalue weighted by Gasteiger charge is 2.11. The third-order valence-corrected chi connectivity index (χ3v) is 4.23. The van der Waals surface area contributed by atoms with Crippen LogP contribution in [0, 0.1) is 19.7 Å². The monoisotopic (exact) mass is 378 g/mol. The molecule has 0 aliphatic heterocycles. The number of hydrogen-bond acceptors (Lipinski definition) is 3. The van der Waals surface area contributed by atoms with Crippen molar-refractivity contribution in [3.05, 3.63) is 82.9 Å². The Morgan fingerprint density at radius 3 is 2.54 bits per heavy atom. The summed E-state index contributed by atoms with van der Waals surface area (Å²) in [5, 5.41) is 7.15. The molecule has 0 aliphatic rings. The summed E-state index contributed by atoms with van der Waals surface area (Å²) in [7, 11) is 0. The van der Waals surface area contributed by atoms with Gasteiger partial charge in [-0.05, 0) is 62.4 Å². The van der Waals surface area contributed by atoms with E-state index in [0.717, 1.165) is 22.6 Å². The highest BCUT2D eigenvalue weighted by Crippen LogP contribution is 2.20. The van der Waals surface area contributed by atoms with Crippen LogP contribution >= 0.6 is 0 Å². The maximum absolute atomic E-state index is 13.1. The van der Waals surface area contributed by atoms with E-state index in [-0.39, 0.29) is 11.7 Å². The number of anilines is 1. The summed E-state index contributed by atoms with van der Waals surface area (Å²) in [5.74, 6) is -1.23. The first-order valence-corrected chi connectivity index (χ1v) is 8.56. The molecule has 0 spiro atoms. The van der Waals surface area contributed by atoms with Gasteiger partial charge in [0.1, 0.15) is 5.82 Å². The SMILES string of the molecule is Cc1nn(-c2ccc(F)cc2)c(C)c1C=CC(=O)Nc1cccc(C(N)=O)c1. The number of nitrogens with zero attached hydrogens (tertiary/aromatic N) is 2. The van der Waals surface area contributed by atoms with Crippen LogP contribution in [0.25, 0.3) is 11.8 Å². The number of benzene rings is 2. The summed E-state index contributed by atoms with van der Waals surface area (Å²) in [5.41, 5.74) is 9.12. The third-order valence-electron chi connectivity index (χ3n) is 4.23. The van der Waals surface area contributed by atoms with Crippen LogP contribution in [0.1, 0.15) is 27.3 Å². The third kappa shape index (κ3) is 4.15. The van der Waals surface area contributed by atoms with E-state index in [9.17, 15) is 14.0 Å². The van der Waals surface area contributed by atoms with Crippen molar-refractivity contribution in [3.63, 3.8) is 0 Å². The largest absolute Gasteiger partial charge is 0.366 e. The molecule has 0 saturated heterocycles. The van der Waals surface area contributed by atoms with Gasteiger partial charge in [0.2, 0.25) is 11.8 Å². The minimum absolute atomic E-state index is 0.314. The normalized spacial score (nSPS) is 11.0. The molecule has 0 atom stereocenters. The Morgan fingerprint density at radius 2 is 1.86 bits per heavy atom. The number of halogens is 1. The molecule has 0 bridgehead atoms. The van der Waals surface area contributed by atoms with Gasteiger partial charge < -0.3 is 11.1 Å². The number of aromatic nitrogens is 2. The molecule has 0 radical (unpaired) electrons. The quantitative estimate of drug-likeness (QED) is 0.667. The number of nitrogens with one attached hydrogen (secondary N) is 1. The van der Waals surface area contributed by atoms with Crippen LogP contribution in [-0.4, -0.2) is 21.6 Å². The van der Waals surface area contributed by atoms with Crippen LogP contribution in [0.4, 0.5) is 10.1 Å². The fourth-order valence-electron chi connectivity index (χ4n) is 2.82. The lowest BCUT2D eigenvalue weighted by Gasteiger charge is -2.04. The van der Waals surface area contributed by atoms with Crippen molar-refractivity contribution in [3.8, 4) is 5.69 Å². The van der Waals surface area contributed by atoms with Crippen molar-refractivity contribution >= 4 is 23.6 Å². The van der Waals surface area contributed by atoms with Crippen LogP contribution < -0.4 is 11.1 Å². The average molecular weight is 378 g/mol. The number of nitrogens with two attached hydrogens (primary N) is 1. The summed E-state index contributed by atoms with van der Waals surface area (Å²) >= 11 is 0. The molecule has 2 aromatic carbocycles. The second-order valence-corrected chi connectivity index (χ2v) is 6.24. The van der Waals surface area contributed by atoms with Gasteiger partial charge in [-0.1, -0.05) is 6.07 Å². The van der Waals surface area contributed by atoms with Gasteiger partial charge in [-0.2, -0.15) is 5.10 Å². The molecule has 142 valence electrons. The van der Waals surface area contributed by atoms with Crippen molar-refractivity contribution in [2.24, 2.45) is 5.73 Å². The lowest BCUT2D eigenvalue weighted by atomic mass is 10.1. The first-order chi connectivity index (χ1) is 13.3. The lowest BCUT2D eigenvalue weighted by Crippen LogP contribution is -2.12. The smallest absolute Gasteiger partial charge is 0.248 e. The number of aryl methyl sites for hydroxylation is 1. The maximum Gasteiger partial charge on any atom is 0.248 e. The Hall–Kier alpha value is -3.74. The summed E-state index contributed by atoms with van der Waals surface area (Å²) in [6.07, 6.45) is 3.06. The molecule has 3 rings (SSSR count). The van der Waals surface area contributed by atoms with Gasteiger partial charge in [0.25, 0.3) is 0 Å². The molecular formula is C21H19FN4O2. The van der Waals surface area contributed by atoms with Crippen molar-refractivity contribution in [1.29, 1.82) is 0 Å². The summed E-state index contributed by atoms with van der Waals surface area (Å²) in [6.45, 7) is 3.71. The van der Waals surface area contributed by atoms with E-state index in [1.807, 2.05) is 13.8 Å². The van der Waals surface area contributed by atoms with Gasteiger partial charge in [0.05, 0.1) is 11.4 Å². The zero-order valence-electron chi connectivity index (χ0n) is 15.4. The number of hydrogen-bond donors (Lipinski definition) is 2. The van der Waals surface area contributed by atoms with Crippen molar-refractivity contribution in [2.75, 3.05) is 5.32 Å². The van der Waals surface area contributed by atoms with Crippen molar-refractivity contribution < 1.29 is 14.0 Å². The molecule has 6 nitrogen and oxygen atoms in total. The number of amides is 2. The highest BCUT2D eigenvalue weighted by atomic mass is 19.1. The van der Waals surface area contributed by atoms with E-state index in [0.29, 0.717) is 11.3 Å². The van der Waals surface area contributed by atoms with E-state index in [2.05, 4.69) is 10.4 Å². The molecule has 28 heavy (non-hydrogen) atoms. The Morgan fingerprint density at radius 1 is 1.14 bits per heavy atom. The van der Waals surface area contributed by atoms with Gasteiger partial charge in [-0.25, -0.2) is 9.07 Å². The van der Waals surface area contributed by atoms with Gasteiger partial charge >= 0.3 is 0 Å². The summed E-state index contributed by atoms with van der Waals surface area (Å²) < 4.78 is 14.8. The second-order valence-electron chi connectivity index (χ2n) is 6.24. The molecule has 0 unspecified atom stereocenters. The minimum Gasteiger partial charge on any atom is -0.366 e. The van der Waals surface area contributed by atoms with Crippen LogP contribution in [0.3, 0.4) is 0 Å². The van der Waals surface area contributed by atoms with Gasteiger partial charge in [0, 0.05) is 28.6 Å². The molecule has 0 aliphatic carbocycles. The van der Waals surface area contributed by atoms with Crippen LogP contribution in [0.15, 0.2) is 54.6 Å². The van der Waals surface area contributed by atoms with Crippen LogP contribution in [-0.2, 0) is 4.79 Å². The molecule has 1 aromatic heterocycles. The standard InChI is InChI=1S/C21H19FN4O2/c1-13-19(14(2)26(25-13)18-8-6-16(22)7-9-18)10-11-20(27)24-17-5-3-4-15(12-17)21(23)28/h3-12H,1-2H3,(H2,23,28)(H,24,27). The number of carbonyl (C=O) groups excluding carboxylic acids is 2. The molecular weight excluding hydrogens is 359 g/mol. The molecule has 0 fully saturated rings. The lowest BCUT2D eigenvalue weighted by molar-refractivity contribution is -0.111. The number of primary amides is 1. The number of carbonyl (C=O) groups is 2. The minimum atomic E-state index is -0.564. The fourth-order valence-corrected chi connectivity index (χ4v) is 2.82. The van der Waals surface area contributed by atoms with E-state index < -0.39 is 5.91 Å². The van der Waals surface area contributed by atoms with Crippen molar-refractivity contribution in [2.45, 2.75) is 13.8 Å². The zero-order valence-corrected chi connectivity index (χ0v) is 15.4. The Labute approximate surface area is 161 Å². The molecule has 3 N–H and O–H groups in total. The first kappa shape index (κ1) is 19.0. The molecule has 1 heterocycles. The predicted molar refractivity (Wildman–Crippen MR) is 106 cm³/mol. The van der Waals surface area contributed by atoms with E-state index >= 15 is 0 Å². The van der Waals surface area contributed by atoms with Gasteiger partial charge in [-0.3, -0.25) is 9.59 Å². The predicted octanol–water partition coefficient (Wildman–Crippen LogP) is 3.38.